The molecule has 3 atom stereocenters. The van der Waals surface area contributed by atoms with E-state index in [4.69, 9.17) is 9.15 Å². The van der Waals surface area contributed by atoms with E-state index in [-0.39, 0.29) is 17.1 Å². The number of hydrogen-bond donors (Lipinski definition) is 2. The fourth-order valence-corrected chi connectivity index (χ4v) is 4.83. The van der Waals surface area contributed by atoms with Gasteiger partial charge in [0.25, 0.3) is 0 Å². The second kappa shape index (κ2) is 7.92. The highest BCUT2D eigenvalue weighted by Gasteiger charge is 2.45. The van der Waals surface area contributed by atoms with Crippen LogP contribution in [0.15, 0.2) is 69.2 Å². The molecule has 1 aliphatic heterocycles. The highest BCUT2D eigenvalue weighted by Crippen LogP contribution is 2.43. The molecule has 2 N–H and O–H groups in total. The van der Waals surface area contributed by atoms with E-state index < -0.39 is 17.9 Å². The molecule has 0 fully saturated rings. The second-order valence-corrected chi connectivity index (χ2v) is 8.71. The summed E-state index contributed by atoms with van der Waals surface area (Å²) < 4.78 is 10.7. The first kappa shape index (κ1) is 21.0. The Labute approximate surface area is 190 Å². The maximum atomic E-state index is 13.7. The van der Waals surface area contributed by atoms with E-state index in [0.29, 0.717) is 34.2 Å². The first-order valence-corrected chi connectivity index (χ1v) is 10.9. The maximum Gasteiger partial charge on any atom is 0.316 e. The Morgan fingerprint density at radius 1 is 1.12 bits per heavy atom. The van der Waals surface area contributed by atoms with Gasteiger partial charge in [0.15, 0.2) is 11.2 Å². The molecule has 1 aromatic heterocycles. The SMILES string of the molecule is COC(=O)C1C(=O)C2=C(CC1C)Nc1ccccc1NC2c1coc2ccc(C)cc2c1=O. The fraction of sp³-hybridized carbons (Fsp3) is 0.269. The number of ketones is 1. The summed E-state index contributed by atoms with van der Waals surface area (Å²) in [5, 5.41) is 7.19. The average Bonchev–Trinajstić information content (AvgIpc) is 2.96. The molecule has 168 valence electrons. The number of ether oxygens (including phenoxy) is 1. The van der Waals surface area contributed by atoms with Gasteiger partial charge in [-0.1, -0.05) is 30.7 Å². The van der Waals surface area contributed by atoms with Crippen LogP contribution in [0.4, 0.5) is 11.4 Å². The summed E-state index contributed by atoms with van der Waals surface area (Å²) in [4.78, 5) is 39.8. The number of hydrogen-bond acceptors (Lipinski definition) is 7. The summed E-state index contributed by atoms with van der Waals surface area (Å²) in [6.45, 7) is 3.76. The molecular formula is C26H24N2O5. The van der Waals surface area contributed by atoms with Crippen LogP contribution < -0.4 is 16.1 Å². The summed E-state index contributed by atoms with van der Waals surface area (Å²) >= 11 is 0. The largest absolute Gasteiger partial charge is 0.468 e. The molecule has 3 aromatic rings. The number of nitrogens with one attached hydrogen (secondary N) is 2. The lowest BCUT2D eigenvalue weighted by Gasteiger charge is -2.32. The number of Topliss-reactive ketones (excluding diaryl/α,β-unsaturated/α-hetero) is 1. The Morgan fingerprint density at radius 2 is 1.88 bits per heavy atom. The Morgan fingerprint density at radius 3 is 2.64 bits per heavy atom. The molecule has 1 aliphatic carbocycles. The van der Waals surface area contributed by atoms with Crippen molar-refractivity contribution in [2.45, 2.75) is 26.3 Å². The third kappa shape index (κ3) is 3.40. The van der Waals surface area contributed by atoms with Gasteiger partial charge in [-0.3, -0.25) is 14.4 Å². The van der Waals surface area contributed by atoms with Crippen molar-refractivity contribution in [3.05, 3.63) is 81.3 Å². The lowest BCUT2D eigenvalue weighted by Crippen LogP contribution is -2.40. The van der Waals surface area contributed by atoms with E-state index in [1.165, 1.54) is 13.4 Å². The predicted octanol–water partition coefficient (Wildman–Crippen LogP) is 4.33. The molecule has 0 bridgehead atoms. The topological polar surface area (TPSA) is 97.6 Å². The van der Waals surface area contributed by atoms with E-state index in [2.05, 4.69) is 10.6 Å². The molecule has 7 heteroatoms. The zero-order valence-electron chi connectivity index (χ0n) is 18.6. The Bertz CT molecular complexity index is 1390. The van der Waals surface area contributed by atoms with Crippen molar-refractivity contribution in [1.82, 2.24) is 0 Å². The van der Waals surface area contributed by atoms with Crippen LogP contribution in [0.2, 0.25) is 0 Å². The van der Waals surface area contributed by atoms with Gasteiger partial charge in [-0.25, -0.2) is 0 Å². The Kier molecular flexibility index (Phi) is 5.04. The Hall–Kier alpha value is -3.87. The molecule has 33 heavy (non-hydrogen) atoms. The predicted molar refractivity (Wildman–Crippen MR) is 125 cm³/mol. The number of aryl methyl sites for hydroxylation is 1. The number of methoxy groups -OCH3 is 1. The summed E-state index contributed by atoms with van der Waals surface area (Å²) in [7, 11) is 1.28. The van der Waals surface area contributed by atoms with Crippen molar-refractivity contribution in [1.29, 1.82) is 0 Å². The summed E-state index contributed by atoms with van der Waals surface area (Å²) in [6, 6.07) is 12.2. The van der Waals surface area contributed by atoms with E-state index in [0.717, 1.165) is 16.9 Å². The van der Waals surface area contributed by atoms with Gasteiger partial charge in [0.05, 0.1) is 35.5 Å². The summed E-state index contributed by atoms with van der Waals surface area (Å²) in [6.07, 6.45) is 1.88. The number of benzene rings is 2. The smallest absolute Gasteiger partial charge is 0.316 e. The van der Waals surface area contributed by atoms with E-state index in [1.807, 2.05) is 44.2 Å². The van der Waals surface area contributed by atoms with Crippen molar-refractivity contribution in [3.63, 3.8) is 0 Å². The number of rotatable bonds is 2. The molecule has 7 nitrogen and oxygen atoms in total. The van der Waals surface area contributed by atoms with Gasteiger partial charge in [0, 0.05) is 11.3 Å². The van der Waals surface area contributed by atoms with Gasteiger partial charge in [-0.2, -0.15) is 0 Å². The molecule has 2 aliphatic rings. The first-order valence-electron chi connectivity index (χ1n) is 10.9. The number of carbonyl (C=O) groups excluding carboxylic acids is 2. The standard InChI is InChI=1S/C26H24N2O5/c1-13-8-9-20-15(10-13)24(29)16(12-33-20)23-22-19(27-17-6-4-5-7-18(17)28-23)11-14(2)21(25(22)30)26(31)32-3/h4-10,12,14,21,23,27-28H,11H2,1-3H3. The molecular weight excluding hydrogens is 420 g/mol. The van der Waals surface area contributed by atoms with Gasteiger partial charge >= 0.3 is 5.97 Å². The van der Waals surface area contributed by atoms with Crippen molar-refractivity contribution in [3.8, 4) is 0 Å². The number of fused-ring (bicyclic) bond motifs is 2. The molecule has 0 spiro atoms. The lowest BCUT2D eigenvalue weighted by molar-refractivity contribution is -0.151. The number of esters is 1. The number of carbonyl (C=O) groups is 2. The van der Waals surface area contributed by atoms with Crippen molar-refractivity contribution < 1.29 is 18.7 Å². The fourth-order valence-electron chi connectivity index (χ4n) is 4.83. The zero-order chi connectivity index (χ0) is 23.3. The molecule has 0 radical (unpaired) electrons. The summed E-state index contributed by atoms with van der Waals surface area (Å²) in [5.74, 6) is -2.11. The molecule has 0 amide bonds. The highest BCUT2D eigenvalue weighted by molar-refractivity contribution is 6.11. The van der Waals surface area contributed by atoms with Crippen LogP contribution in [0.5, 0.6) is 0 Å². The van der Waals surface area contributed by atoms with Crippen LogP contribution in [0, 0.1) is 18.8 Å². The minimum Gasteiger partial charge on any atom is -0.468 e. The number of para-hydroxylation sites is 2. The normalized spacial score (nSPS) is 22.0. The van der Waals surface area contributed by atoms with Crippen LogP contribution in [0.25, 0.3) is 11.0 Å². The maximum absolute atomic E-state index is 13.7. The lowest BCUT2D eigenvalue weighted by atomic mass is 9.75. The average molecular weight is 444 g/mol. The van der Waals surface area contributed by atoms with Gasteiger partial charge in [-0.15, -0.1) is 0 Å². The number of anilines is 2. The van der Waals surface area contributed by atoms with Gasteiger partial charge in [0.1, 0.15) is 17.8 Å². The Balaban J connectivity index is 1.74. The van der Waals surface area contributed by atoms with Crippen LogP contribution in [0.1, 0.15) is 30.5 Å². The highest BCUT2D eigenvalue weighted by atomic mass is 16.5. The monoisotopic (exact) mass is 444 g/mol. The van der Waals surface area contributed by atoms with Gasteiger partial charge in [-0.05, 0) is 43.5 Å². The van der Waals surface area contributed by atoms with Crippen LogP contribution in [0.3, 0.4) is 0 Å². The minimum atomic E-state index is -0.934. The third-order valence-corrected chi connectivity index (χ3v) is 6.49. The quantitative estimate of drug-likeness (QED) is 0.448. The van der Waals surface area contributed by atoms with Gasteiger partial charge in [0.2, 0.25) is 0 Å². The molecule has 0 saturated carbocycles. The van der Waals surface area contributed by atoms with E-state index >= 15 is 0 Å². The first-order chi connectivity index (χ1) is 15.9. The van der Waals surface area contributed by atoms with Crippen LogP contribution in [-0.4, -0.2) is 18.9 Å². The second-order valence-electron chi connectivity index (χ2n) is 8.71. The summed E-state index contributed by atoms with van der Waals surface area (Å²) in [5.41, 5.74) is 4.10. The van der Waals surface area contributed by atoms with E-state index in [9.17, 15) is 14.4 Å². The van der Waals surface area contributed by atoms with Crippen molar-refractivity contribution in [2.24, 2.45) is 11.8 Å². The molecule has 2 heterocycles. The zero-order valence-corrected chi connectivity index (χ0v) is 18.6. The molecule has 3 unspecified atom stereocenters. The molecule has 5 rings (SSSR count). The third-order valence-electron chi connectivity index (χ3n) is 6.49. The van der Waals surface area contributed by atoms with Crippen LogP contribution >= 0.6 is 0 Å². The van der Waals surface area contributed by atoms with Crippen molar-refractivity contribution >= 4 is 34.1 Å². The van der Waals surface area contributed by atoms with Gasteiger partial charge < -0.3 is 19.8 Å². The number of allylic oxidation sites excluding steroid dienone is 1. The van der Waals surface area contributed by atoms with Crippen LogP contribution in [-0.2, 0) is 14.3 Å². The molecule has 0 saturated heterocycles. The van der Waals surface area contributed by atoms with Crippen molar-refractivity contribution in [2.75, 3.05) is 17.7 Å². The molecule has 2 aromatic carbocycles. The van der Waals surface area contributed by atoms with E-state index in [1.54, 1.807) is 12.1 Å². The minimum absolute atomic E-state index is 0.218.